The number of aliphatic hydroxyl groups is 1. The van der Waals surface area contributed by atoms with Gasteiger partial charge in [-0.1, -0.05) is 13.8 Å². The second-order valence-electron chi connectivity index (χ2n) is 7.74. The molecule has 2 N–H and O–H groups in total. The van der Waals surface area contributed by atoms with E-state index < -0.39 is 16.1 Å². The molecule has 0 unspecified atom stereocenters. The summed E-state index contributed by atoms with van der Waals surface area (Å²) in [5.74, 6) is 0.916. The molecule has 1 atom stereocenters. The highest BCUT2D eigenvalue weighted by molar-refractivity contribution is 7.89. The maximum atomic E-state index is 13.0. The summed E-state index contributed by atoms with van der Waals surface area (Å²) in [6.07, 6.45) is 0.517. The lowest BCUT2D eigenvalue weighted by atomic mass is 10.1. The van der Waals surface area contributed by atoms with Crippen LogP contribution in [0.15, 0.2) is 23.1 Å². The monoisotopic (exact) mass is 448 g/mol. The second kappa shape index (κ2) is 9.25. The number of nitrogens with zero attached hydrogens (tertiary/aromatic N) is 5. The van der Waals surface area contributed by atoms with Crippen LogP contribution in [0.25, 0.3) is 22.6 Å². The normalized spacial score (nSPS) is 13.1. The van der Waals surface area contributed by atoms with Gasteiger partial charge in [0.05, 0.1) is 29.4 Å². The lowest BCUT2D eigenvalue weighted by Gasteiger charge is -2.19. The van der Waals surface area contributed by atoms with Crippen LogP contribution in [-0.2, 0) is 17.1 Å². The van der Waals surface area contributed by atoms with Crippen LogP contribution < -0.4 is 9.46 Å². The van der Waals surface area contributed by atoms with Crippen LogP contribution in [0.2, 0.25) is 0 Å². The molecule has 11 heteroatoms. The molecular weight excluding hydrogens is 420 g/mol. The molecule has 0 radical (unpaired) electrons. The summed E-state index contributed by atoms with van der Waals surface area (Å²) in [7, 11) is -2.13. The fourth-order valence-electron chi connectivity index (χ4n) is 3.36. The van der Waals surface area contributed by atoms with E-state index in [1.54, 1.807) is 17.8 Å². The van der Waals surface area contributed by atoms with E-state index >= 15 is 0 Å². The van der Waals surface area contributed by atoms with E-state index in [4.69, 9.17) is 4.74 Å². The summed E-state index contributed by atoms with van der Waals surface area (Å²) >= 11 is 0. The van der Waals surface area contributed by atoms with Crippen LogP contribution in [-0.4, -0.2) is 57.7 Å². The largest absolute Gasteiger partial charge is 0.493 e. The predicted molar refractivity (Wildman–Crippen MR) is 116 cm³/mol. The molecule has 0 aliphatic heterocycles. The molecular formula is C20H28N6O4S. The number of aliphatic hydroxyl groups excluding tert-OH is 1. The van der Waals surface area contributed by atoms with E-state index in [1.807, 2.05) is 27.7 Å². The average Bonchev–Trinajstić information content (AvgIpc) is 3.00. The number of hydrogen-bond acceptors (Lipinski definition) is 8. The topological polar surface area (TPSA) is 132 Å². The van der Waals surface area contributed by atoms with Gasteiger partial charge in [-0.15, -0.1) is 10.2 Å². The fourth-order valence-corrected chi connectivity index (χ4v) is 4.63. The van der Waals surface area contributed by atoms with Crippen LogP contribution in [0.4, 0.5) is 0 Å². The van der Waals surface area contributed by atoms with Crippen LogP contribution in [0, 0.1) is 12.8 Å². The number of aromatic nitrogens is 5. The van der Waals surface area contributed by atoms with Crippen molar-refractivity contribution in [3.63, 3.8) is 0 Å². The van der Waals surface area contributed by atoms with Crippen LogP contribution >= 0.6 is 0 Å². The average molecular weight is 449 g/mol. The van der Waals surface area contributed by atoms with Gasteiger partial charge in [0.1, 0.15) is 11.3 Å². The SMILES string of the molecule is CCOc1ccc(S(=O)(=O)N[C@@H](CO)CC(C)C)cc1-c1nnc2c(n1)c(C)nn2C. The number of nitrogens with one attached hydrogen (secondary N) is 1. The molecule has 0 spiro atoms. The second-order valence-corrected chi connectivity index (χ2v) is 9.45. The molecule has 0 fully saturated rings. The third-order valence-corrected chi connectivity index (χ3v) is 6.24. The number of ether oxygens (including phenoxy) is 1. The summed E-state index contributed by atoms with van der Waals surface area (Å²) in [6.45, 7) is 7.69. The predicted octanol–water partition coefficient (Wildman–Crippen LogP) is 1.82. The third-order valence-electron chi connectivity index (χ3n) is 4.72. The summed E-state index contributed by atoms with van der Waals surface area (Å²) in [5, 5.41) is 22.3. The first-order chi connectivity index (χ1) is 14.7. The Kier molecular flexibility index (Phi) is 6.87. The molecule has 0 bridgehead atoms. The van der Waals surface area contributed by atoms with Crippen LogP contribution in [0.1, 0.15) is 32.9 Å². The Morgan fingerprint density at radius 2 is 2.00 bits per heavy atom. The fraction of sp³-hybridized carbons (Fsp3) is 0.500. The highest BCUT2D eigenvalue weighted by Gasteiger charge is 2.23. The highest BCUT2D eigenvalue weighted by atomic mass is 32.2. The van der Waals surface area contributed by atoms with Crippen molar-refractivity contribution in [2.75, 3.05) is 13.2 Å². The zero-order chi connectivity index (χ0) is 22.8. The van der Waals surface area contributed by atoms with Crippen LogP contribution in [0.5, 0.6) is 5.75 Å². The molecule has 10 nitrogen and oxygen atoms in total. The van der Waals surface area contributed by atoms with Crippen molar-refractivity contribution in [2.45, 2.75) is 45.1 Å². The van der Waals surface area contributed by atoms with E-state index in [0.29, 0.717) is 41.2 Å². The molecule has 2 aromatic heterocycles. The summed E-state index contributed by atoms with van der Waals surface area (Å²) < 4.78 is 35.8. The number of aryl methyl sites for hydroxylation is 2. The molecule has 0 saturated heterocycles. The number of fused-ring (bicyclic) bond motifs is 1. The third kappa shape index (κ3) is 5.00. The Morgan fingerprint density at radius 1 is 1.26 bits per heavy atom. The maximum Gasteiger partial charge on any atom is 0.240 e. The van der Waals surface area contributed by atoms with Crippen molar-refractivity contribution in [2.24, 2.45) is 13.0 Å². The first kappa shape index (κ1) is 23.0. The molecule has 0 saturated carbocycles. The highest BCUT2D eigenvalue weighted by Crippen LogP contribution is 2.31. The molecule has 3 rings (SSSR count). The Bertz CT molecular complexity index is 1180. The van der Waals surface area contributed by atoms with Gasteiger partial charge in [0, 0.05) is 13.1 Å². The minimum Gasteiger partial charge on any atom is -0.493 e. The Hall–Kier alpha value is -2.63. The molecule has 3 aromatic rings. The first-order valence-corrected chi connectivity index (χ1v) is 11.6. The van der Waals surface area contributed by atoms with Crippen molar-refractivity contribution in [1.82, 2.24) is 29.7 Å². The van der Waals surface area contributed by atoms with E-state index in [9.17, 15) is 13.5 Å². The summed E-state index contributed by atoms with van der Waals surface area (Å²) in [4.78, 5) is 4.58. The molecule has 31 heavy (non-hydrogen) atoms. The first-order valence-electron chi connectivity index (χ1n) is 10.1. The quantitative estimate of drug-likeness (QED) is 0.507. The van der Waals surface area contributed by atoms with Crippen molar-refractivity contribution < 1.29 is 18.3 Å². The molecule has 2 heterocycles. The number of hydrogen-bond donors (Lipinski definition) is 2. The molecule has 168 valence electrons. The lowest BCUT2D eigenvalue weighted by molar-refractivity contribution is 0.240. The Morgan fingerprint density at radius 3 is 2.65 bits per heavy atom. The molecule has 0 aliphatic carbocycles. The van der Waals surface area contributed by atoms with Gasteiger partial charge in [-0.2, -0.15) is 5.10 Å². The van der Waals surface area contributed by atoms with E-state index in [2.05, 4.69) is 25.0 Å². The van der Waals surface area contributed by atoms with Gasteiger partial charge in [0.2, 0.25) is 10.0 Å². The zero-order valence-corrected chi connectivity index (χ0v) is 19.1. The molecule has 0 aliphatic rings. The van der Waals surface area contributed by atoms with Crippen LogP contribution in [0.3, 0.4) is 0 Å². The summed E-state index contributed by atoms with van der Waals surface area (Å²) in [5.41, 5.74) is 2.21. The summed E-state index contributed by atoms with van der Waals surface area (Å²) in [6, 6.07) is 3.92. The van der Waals surface area contributed by atoms with E-state index in [0.717, 1.165) is 0 Å². The lowest BCUT2D eigenvalue weighted by Crippen LogP contribution is -2.38. The molecule has 1 aromatic carbocycles. The van der Waals surface area contributed by atoms with E-state index in [-0.39, 0.29) is 23.2 Å². The number of rotatable bonds is 9. The minimum absolute atomic E-state index is 0.0276. The Balaban J connectivity index is 2.06. The van der Waals surface area contributed by atoms with E-state index in [1.165, 1.54) is 12.1 Å². The van der Waals surface area contributed by atoms with Gasteiger partial charge < -0.3 is 9.84 Å². The number of sulfonamides is 1. The van der Waals surface area contributed by atoms with Gasteiger partial charge in [0.25, 0.3) is 0 Å². The smallest absolute Gasteiger partial charge is 0.240 e. The van der Waals surface area contributed by atoms with Crippen molar-refractivity contribution in [1.29, 1.82) is 0 Å². The van der Waals surface area contributed by atoms with Gasteiger partial charge >= 0.3 is 0 Å². The van der Waals surface area contributed by atoms with Gasteiger partial charge in [0.15, 0.2) is 11.5 Å². The Labute approximate surface area is 181 Å². The van der Waals surface area contributed by atoms with Crippen molar-refractivity contribution in [3.05, 3.63) is 23.9 Å². The van der Waals surface area contributed by atoms with Crippen molar-refractivity contribution >= 4 is 21.2 Å². The van der Waals surface area contributed by atoms with Gasteiger partial charge in [-0.25, -0.2) is 22.8 Å². The minimum atomic E-state index is -3.88. The van der Waals surface area contributed by atoms with Crippen molar-refractivity contribution in [3.8, 4) is 17.1 Å². The standard InChI is InChI=1S/C20H28N6O4S/c1-6-30-17-8-7-15(31(28,29)25-14(11-27)9-12(2)3)10-16(17)19-21-18-13(4)24-26(5)20(18)23-22-19/h7-8,10,12,14,25,27H,6,9,11H2,1-5H3/t14-/m1/s1. The van der Waals surface area contributed by atoms with Gasteiger partial charge in [-0.05, 0) is 44.4 Å². The maximum absolute atomic E-state index is 13.0. The number of benzene rings is 1. The zero-order valence-electron chi connectivity index (χ0n) is 18.3. The molecule has 0 amide bonds. The van der Waals surface area contributed by atoms with Gasteiger partial charge in [-0.3, -0.25) is 0 Å².